The second-order valence-corrected chi connectivity index (χ2v) is 11.0. The van der Waals surface area contributed by atoms with Crippen molar-refractivity contribution in [2.24, 2.45) is 34.5 Å². The Kier molecular flexibility index (Phi) is 5.65. The molecule has 3 saturated carbocycles. The van der Waals surface area contributed by atoms with E-state index in [0.29, 0.717) is 6.42 Å². The monoisotopic (exact) mass is 492 g/mol. The largest absolute Gasteiger partial charge is 0.450 e. The number of Topliss-reactive ketones (excluding diaryl/α,β-unsaturated/α-hetero) is 1. The van der Waals surface area contributed by atoms with Gasteiger partial charge in [0.15, 0.2) is 17.2 Å². The van der Waals surface area contributed by atoms with Gasteiger partial charge in [-0.2, -0.15) is 0 Å². The summed E-state index contributed by atoms with van der Waals surface area (Å²) in [6.45, 7) is 7.95. The van der Waals surface area contributed by atoms with E-state index < -0.39 is 17.1 Å². The summed E-state index contributed by atoms with van der Waals surface area (Å²) >= 11 is 3.33. The van der Waals surface area contributed by atoms with E-state index in [1.807, 2.05) is 13.0 Å². The number of ether oxygens (including phenoxy) is 1. The number of allylic oxidation sites excluding steroid dienone is 4. The van der Waals surface area contributed by atoms with Crippen molar-refractivity contribution in [2.75, 3.05) is 5.33 Å². The highest BCUT2D eigenvalue weighted by molar-refractivity contribution is 9.09. The zero-order valence-corrected chi connectivity index (χ0v) is 20.4. The van der Waals surface area contributed by atoms with Gasteiger partial charge in [-0.05, 0) is 49.7 Å². The topological polar surface area (TPSA) is 80.7 Å². The third kappa shape index (κ3) is 3.00. The molecular weight excluding hydrogens is 460 g/mol. The first-order chi connectivity index (χ1) is 14.5. The zero-order valence-electron chi connectivity index (χ0n) is 18.8. The Morgan fingerprint density at radius 2 is 2.03 bits per heavy atom. The predicted molar refractivity (Wildman–Crippen MR) is 120 cm³/mol. The second-order valence-electron chi connectivity index (χ2n) is 10.5. The first-order valence-electron chi connectivity index (χ1n) is 11.5. The van der Waals surface area contributed by atoms with Gasteiger partial charge in [0.25, 0.3) is 0 Å². The Labute approximate surface area is 192 Å². The Balaban J connectivity index is 1.80. The lowest BCUT2D eigenvalue weighted by atomic mass is 9.46. The number of carbonyl (C=O) groups excluding carboxylic acids is 3. The molecule has 4 rings (SSSR count). The van der Waals surface area contributed by atoms with Gasteiger partial charge >= 0.3 is 5.97 Å². The van der Waals surface area contributed by atoms with Crippen molar-refractivity contribution in [2.45, 2.75) is 71.5 Å². The molecule has 1 N–H and O–H groups in total. The van der Waals surface area contributed by atoms with Gasteiger partial charge in [0, 0.05) is 29.1 Å². The van der Waals surface area contributed by atoms with E-state index in [0.717, 1.165) is 24.8 Å². The maximum atomic E-state index is 13.4. The Morgan fingerprint density at radius 3 is 2.68 bits per heavy atom. The highest BCUT2D eigenvalue weighted by atomic mass is 79.9. The van der Waals surface area contributed by atoms with Crippen LogP contribution in [0.1, 0.15) is 59.8 Å². The summed E-state index contributed by atoms with van der Waals surface area (Å²) in [5.41, 5.74) is -1.11. The van der Waals surface area contributed by atoms with E-state index in [1.165, 1.54) is 0 Å². The minimum Gasteiger partial charge on any atom is -0.450 e. The minimum absolute atomic E-state index is 0.0149. The second kappa shape index (κ2) is 7.65. The van der Waals surface area contributed by atoms with Crippen LogP contribution in [0.2, 0.25) is 0 Å². The highest BCUT2D eigenvalue weighted by Gasteiger charge is 2.72. The summed E-state index contributed by atoms with van der Waals surface area (Å²) in [7, 11) is 0. The quantitative estimate of drug-likeness (QED) is 0.470. The number of fused-ring (bicyclic) bond motifs is 5. The lowest BCUT2D eigenvalue weighted by Crippen LogP contribution is -2.64. The smallest absolute Gasteiger partial charge is 0.306 e. The van der Waals surface area contributed by atoms with Gasteiger partial charge < -0.3 is 9.84 Å². The van der Waals surface area contributed by atoms with Crippen LogP contribution in [0, 0.1) is 34.5 Å². The Bertz CT molecular complexity index is 877. The van der Waals surface area contributed by atoms with Crippen LogP contribution in [-0.2, 0) is 19.1 Å². The van der Waals surface area contributed by atoms with Gasteiger partial charge in [-0.25, -0.2) is 0 Å². The summed E-state index contributed by atoms with van der Waals surface area (Å²) in [5, 5.41) is 11.7. The average molecular weight is 493 g/mol. The van der Waals surface area contributed by atoms with Gasteiger partial charge in [0.05, 0.1) is 11.4 Å². The summed E-state index contributed by atoms with van der Waals surface area (Å²) in [6.07, 6.45) is 7.81. The molecule has 0 aromatic heterocycles. The highest BCUT2D eigenvalue weighted by Crippen LogP contribution is 2.69. The standard InChI is InChI=1S/C25H33BrO5/c1-5-21(30)31-25(20(29)13-26)14(2)10-18-17-7-6-15-11-16(27)8-9-23(15,3)22(17)19(28)12-24(18,25)4/h8-9,11,14,17-19,22,28H,5-7,10,12-13H2,1-4H3/t14?,17-,18-,19?,22+,23-,24-,25-/m0/s1. The van der Waals surface area contributed by atoms with E-state index in [9.17, 15) is 19.5 Å². The van der Waals surface area contributed by atoms with Gasteiger partial charge in [-0.15, -0.1) is 0 Å². The number of halogens is 1. The molecule has 4 aliphatic carbocycles. The maximum Gasteiger partial charge on any atom is 0.306 e. The molecule has 0 saturated heterocycles. The van der Waals surface area contributed by atoms with Crippen LogP contribution in [0.5, 0.6) is 0 Å². The summed E-state index contributed by atoms with van der Waals surface area (Å²) < 4.78 is 6.06. The fourth-order valence-corrected chi connectivity index (χ4v) is 8.28. The minimum atomic E-state index is -1.23. The molecule has 31 heavy (non-hydrogen) atoms. The number of rotatable bonds is 4. The molecule has 0 aliphatic heterocycles. The zero-order chi connectivity index (χ0) is 22.8. The molecule has 0 amide bonds. The predicted octanol–water partition coefficient (Wildman–Crippen LogP) is 4.17. The van der Waals surface area contributed by atoms with Crippen LogP contribution >= 0.6 is 15.9 Å². The Morgan fingerprint density at radius 1 is 1.32 bits per heavy atom. The molecule has 4 aliphatic rings. The molecule has 8 atom stereocenters. The molecule has 0 bridgehead atoms. The van der Waals surface area contributed by atoms with Crippen molar-refractivity contribution < 1.29 is 24.2 Å². The van der Waals surface area contributed by atoms with Gasteiger partial charge in [0.1, 0.15) is 0 Å². The van der Waals surface area contributed by atoms with Crippen molar-refractivity contribution in [3.05, 3.63) is 23.8 Å². The Hall–Kier alpha value is -1.27. The van der Waals surface area contributed by atoms with Crippen molar-refractivity contribution in [1.29, 1.82) is 0 Å². The van der Waals surface area contributed by atoms with E-state index in [2.05, 4.69) is 29.8 Å². The van der Waals surface area contributed by atoms with Crippen LogP contribution in [0.25, 0.3) is 0 Å². The van der Waals surface area contributed by atoms with Crippen molar-refractivity contribution in [1.82, 2.24) is 0 Å². The molecule has 0 radical (unpaired) electrons. The van der Waals surface area contributed by atoms with Crippen LogP contribution in [0.15, 0.2) is 23.8 Å². The molecule has 3 fully saturated rings. The maximum absolute atomic E-state index is 13.4. The summed E-state index contributed by atoms with van der Waals surface area (Å²) in [4.78, 5) is 37.9. The summed E-state index contributed by atoms with van der Waals surface area (Å²) in [6, 6.07) is 0. The molecule has 5 nitrogen and oxygen atoms in total. The number of hydrogen-bond donors (Lipinski definition) is 1. The van der Waals surface area contributed by atoms with Gasteiger partial charge in [-0.3, -0.25) is 14.4 Å². The third-order valence-corrected chi connectivity index (χ3v) is 9.64. The number of carbonyl (C=O) groups is 3. The number of aliphatic hydroxyl groups excluding tert-OH is 1. The third-order valence-electron chi connectivity index (χ3n) is 9.13. The molecule has 0 spiro atoms. The van der Waals surface area contributed by atoms with E-state index >= 15 is 0 Å². The average Bonchev–Trinajstić information content (AvgIpc) is 2.94. The number of alkyl halides is 1. The van der Waals surface area contributed by atoms with E-state index in [4.69, 9.17) is 4.74 Å². The molecule has 0 heterocycles. The first-order valence-corrected chi connectivity index (χ1v) is 12.6. The molecule has 6 heteroatoms. The van der Waals surface area contributed by atoms with Crippen LogP contribution < -0.4 is 0 Å². The molecular formula is C25H33BrO5. The number of ketones is 2. The SMILES string of the molecule is CCC(=O)O[C@]1(C(=O)CBr)C(C)C[C@H]2[C@@H]3CCC4=CC(=O)C=C[C@]4(C)[C@H]3C(O)C[C@@]21C. The van der Waals surface area contributed by atoms with Crippen molar-refractivity contribution in [3.8, 4) is 0 Å². The van der Waals surface area contributed by atoms with E-state index in [1.54, 1.807) is 19.1 Å². The fraction of sp³-hybridized carbons (Fsp3) is 0.720. The van der Waals surface area contributed by atoms with Crippen molar-refractivity contribution in [3.63, 3.8) is 0 Å². The van der Waals surface area contributed by atoms with Crippen LogP contribution in [-0.4, -0.2) is 39.7 Å². The van der Waals surface area contributed by atoms with Crippen molar-refractivity contribution >= 4 is 33.5 Å². The van der Waals surface area contributed by atoms with Gasteiger partial charge in [0.2, 0.25) is 0 Å². The molecule has 170 valence electrons. The summed E-state index contributed by atoms with van der Waals surface area (Å²) in [5.74, 6) is -0.239. The lowest BCUT2D eigenvalue weighted by Gasteiger charge is -2.60. The molecule has 0 aromatic carbocycles. The van der Waals surface area contributed by atoms with Crippen LogP contribution in [0.4, 0.5) is 0 Å². The fourth-order valence-electron chi connectivity index (χ4n) is 7.86. The number of aliphatic hydroxyl groups is 1. The molecule has 0 aromatic rings. The molecule has 2 unspecified atom stereocenters. The first kappa shape index (κ1) is 22.9. The normalized spacial score (nSPS) is 45.9. The number of hydrogen-bond acceptors (Lipinski definition) is 5. The van der Waals surface area contributed by atoms with Gasteiger partial charge in [-0.1, -0.05) is 55.3 Å². The lowest BCUT2D eigenvalue weighted by molar-refractivity contribution is -0.202. The van der Waals surface area contributed by atoms with Crippen LogP contribution in [0.3, 0.4) is 0 Å². The number of esters is 1. The van der Waals surface area contributed by atoms with E-state index in [-0.39, 0.29) is 58.4 Å².